The first-order valence-electron chi connectivity index (χ1n) is 10.1. The van der Waals surface area contributed by atoms with Gasteiger partial charge in [0.15, 0.2) is 0 Å². The van der Waals surface area contributed by atoms with Crippen LogP contribution in [0.25, 0.3) is 0 Å². The van der Waals surface area contributed by atoms with Gasteiger partial charge in [0.1, 0.15) is 0 Å². The lowest BCUT2D eigenvalue weighted by molar-refractivity contribution is -0.134. The molecule has 4 rings (SSSR count). The molecule has 0 aromatic heterocycles. The van der Waals surface area contributed by atoms with Crippen molar-refractivity contribution < 1.29 is 14.4 Å². The molecule has 0 atom stereocenters. The lowest BCUT2D eigenvalue weighted by atomic mass is 9.95. The molecule has 3 amide bonds. The number of anilines is 1. The van der Waals surface area contributed by atoms with Crippen molar-refractivity contribution in [2.45, 2.75) is 32.2 Å². The van der Waals surface area contributed by atoms with E-state index in [2.05, 4.69) is 10.6 Å². The van der Waals surface area contributed by atoms with Gasteiger partial charge in [-0.05, 0) is 42.5 Å². The maximum atomic E-state index is 12.6. The van der Waals surface area contributed by atoms with Gasteiger partial charge in [-0.25, -0.2) is 0 Å². The number of carbonyl (C=O) groups is 3. The second-order valence-electron chi connectivity index (χ2n) is 7.68. The Hall–Kier alpha value is -3.15. The molecule has 1 saturated heterocycles. The van der Waals surface area contributed by atoms with Crippen LogP contribution in [0.4, 0.5) is 5.69 Å². The number of hydrogen-bond acceptors (Lipinski definition) is 3. The van der Waals surface area contributed by atoms with Gasteiger partial charge in [0, 0.05) is 43.2 Å². The molecule has 2 aromatic carbocycles. The normalized spacial score (nSPS) is 16.3. The summed E-state index contributed by atoms with van der Waals surface area (Å²) in [6.07, 6.45) is 2.56. The number of rotatable bonds is 5. The SMILES string of the molecule is O=C1NCc2ccc(NC(=O)C3CCN(C(=O)CCc4ccccc4)CC3)cc21. The third-order valence-corrected chi connectivity index (χ3v) is 5.75. The van der Waals surface area contributed by atoms with Crippen LogP contribution >= 0.6 is 0 Å². The first-order valence-corrected chi connectivity index (χ1v) is 10.1. The van der Waals surface area contributed by atoms with Crippen LogP contribution in [-0.4, -0.2) is 35.7 Å². The number of nitrogens with one attached hydrogen (secondary N) is 2. The van der Waals surface area contributed by atoms with Crippen LogP contribution in [0.1, 0.15) is 40.7 Å². The zero-order valence-electron chi connectivity index (χ0n) is 16.3. The molecular formula is C23H25N3O3. The molecule has 0 unspecified atom stereocenters. The van der Waals surface area contributed by atoms with E-state index in [0.717, 1.165) is 17.5 Å². The third-order valence-electron chi connectivity index (χ3n) is 5.75. The van der Waals surface area contributed by atoms with E-state index in [1.165, 1.54) is 0 Å². The average Bonchev–Trinajstić information content (AvgIpc) is 3.13. The van der Waals surface area contributed by atoms with E-state index >= 15 is 0 Å². The van der Waals surface area contributed by atoms with Gasteiger partial charge in [-0.15, -0.1) is 0 Å². The number of hydrogen-bond donors (Lipinski definition) is 2. The number of nitrogens with zero attached hydrogens (tertiary/aromatic N) is 1. The predicted octanol–water partition coefficient (Wildman–Crippen LogP) is 2.74. The molecule has 0 aliphatic carbocycles. The fourth-order valence-corrected chi connectivity index (χ4v) is 3.98. The Bertz CT molecular complexity index is 918. The molecule has 0 radical (unpaired) electrons. The Morgan fingerprint density at radius 2 is 1.83 bits per heavy atom. The first-order chi connectivity index (χ1) is 14.1. The number of aryl methyl sites for hydroxylation is 1. The summed E-state index contributed by atoms with van der Waals surface area (Å²) in [5, 5.41) is 5.71. The van der Waals surface area contributed by atoms with Crippen LogP contribution in [0.2, 0.25) is 0 Å². The number of benzene rings is 2. The smallest absolute Gasteiger partial charge is 0.251 e. The van der Waals surface area contributed by atoms with Gasteiger partial charge in [-0.1, -0.05) is 36.4 Å². The van der Waals surface area contributed by atoms with E-state index in [9.17, 15) is 14.4 Å². The predicted molar refractivity (Wildman–Crippen MR) is 110 cm³/mol. The van der Waals surface area contributed by atoms with E-state index in [-0.39, 0.29) is 23.6 Å². The number of fused-ring (bicyclic) bond motifs is 1. The first kappa shape index (κ1) is 19.2. The van der Waals surface area contributed by atoms with Crippen molar-refractivity contribution in [3.8, 4) is 0 Å². The largest absolute Gasteiger partial charge is 0.348 e. The van der Waals surface area contributed by atoms with Crippen LogP contribution in [0, 0.1) is 5.92 Å². The highest BCUT2D eigenvalue weighted by molar-refractivity contribution is 6.00. The minimum absolute atomic E-state index is 0.0419. The van der Waals surface area contributed by atoms with Gasteiger partial charge < -0.3 is 15.5 Å². The summed E-state index contributed by atoms with van der Waals surface area (Å²) in [6, 6.07) is 15.4. The van der Waals surface area contributed by atoms with Crippen LogP contribution in [0.15, 0.2) is 48.5 Å². The minimum atomic E-state index is -0.116. The van der Waals surface area contributed by atoms with Gasteiger partial charge in [0.05, 0.1) is 0 Å². The van der Waals surface area contributed by atoms with Crippen LogP contribution in [-0.2, 0) is 22.6 Å². The maximum Gasteiger partial charge on any atom is 0.251 e. The van der Waals surface area contributed by atoms with Crippen molar-refractivity contribution in [1.29, 1.82) is 0 Å². The summed E-state index contributed by atoms with van der Waals surface area (Å²) in [5.41, 5.74) is 3.39. The second kappa shape index (κ2) is 8.47. The third kappa shape index (κ3) is 4.47. The van der Waals surface area contributed by atoms with Crippen molar-refractivity contribution in [3.05, 3.63) is 65.2 Å². The second-order valence-corrected chi connectivity index (χ2v) is 7.68. The topological polar surface area (TPSA) is 78.5 Å². The minimum Gasteiger partial charge on any atom is -0.348 e. The Morgan fingerprint density at radius 1 is 1.07 bits per heavy atom. The van der Waals surface area contributed by atoms with Crippen molar-refractivity contribution >= 4 is 23.4 Å². The van der Waals surface area contributed by atoms with Crippen molar-refractivity contribution in [2.24, 2.45) is 5.92 Å². The lowest BCUT2D eigenvalue weighted by Crippen LogP contribution is -2.41. The van der Waals surface area contributed by atoms with Gasteiger partial charge in [0.2, 0.25) is 11.8 Å². The molecule has 150 valence electrons. The van der Waals surface area contributed by atoms with Gasteiger partial charge in [-0.3, -0.25) is 14.4 Å². The molecule has 0 saturated carbocycles. The number of likely N-dealkylation sites (tertiary alicyclic amines) is 1. The van der Waals surface area contributed by atoms with E-state index in [0.29, 0.717) is 50.1 Å². The summed E-state index contributed by atoms with van der Waals surface area (Å²) in [4.78, 5) is 38.7. The number of piperidine rings is 1. The van der Waals surface area contributed by atoms with E-state index in [1.54, 1.807) is 6.07 Å². The fourth-order valence-electron chi connectivity index (χ4n) is 3.98. The zero-order chi connectivity index (χ0) is 20.2. The number of amides is 3. The lowest BCUT2D eigenvalue weighted by Gasteiger charge is -2.31. The molecule has 2 aromatic rings. The highest BCUT2D eigenvalue weighted by Crippen LogP contribution is 2.23. The van der Waals surface area contributed by atoms with E-state index in [4.69, 9.17) is 0 Å². The Labute approximate surface area is 170 Å². The van der Waals surface area contributed by atoms with Crippen molar-refractivity contribution in [2.75, 3.05) is 18.4 Å². The quantitative estimate of drug-likeness (QED) is 0.823. The maximum absolute atomic E-state index is 12.6. The van der Waals surface area contributed by atoms with Gasteiger partial charge >= 0.3 is 0 Å². The fraction of sp³-hybridized carbons (Fsp3) is 0.348. The van der Waals surface area contributed by atoms with Crippen LogP contribution in [0.3, 0.4) is 0 Å². The molecule has 6 heteroatoms. The average molecular weight is 391 g/mol. The van der Waals surface area contributed by atoms with Gasteiger partial charge in [0.25, 0.3) is 5.91 Å². The summed E-state index contributed by atoms with van der Waals surface area (Å²) < 4.78 is 0. The highest BCUT2D eigenvalue weighted by atomic mass is 16.2. The molecule has 2 aliphatic heterocycles. The van der Waals surface area contributed by atoms with E-state index in [1.807, 2.05) is 47.4 Å². The van der Waals surface area contributed by atoms with Crippen molar-refractivity contribution in [1.82, 2.24) is 10.2 Å². The van der Waals surface area contributed by atoms with Crippen LogP contribution in [0.5, 0.6) is 0 Å². The van der Waals surface area contributed by atoms with Gasteiger partial charge in [-0.2, -0.15) is 0 Å². The molecule has 2 heterocycles. The molecule has 2 N–H and O–H groups in total. The molecule has 0 bridgehead atoms. The molecule has 0 spiro atoms. The molecule has 2 aliphatic rings. The molecule has 6 nitrogen and oxygen atoms in total. The molecule has 1 fully saturated rings. The summed E-state index contributed by atoms with van der Waals surface area (Å²) in [5.74, 6) is -0.106. The summed E-state index contributed by atoms with van der Waals surface area (Å²) >= 11 is 0. The van der Waals surface area contributed by atoms with E-state index < -0.39 is 0 Å². The monoisotopic (exact) mass is 391 g/mol. The Kier molecular flexibility index (Phi) is 5.60. The standard InChI is InChI=1S/C23H25N3O3/c27-21(9-6-16-4-2-1-3-5-16)26-12-10-17(11-13-26)22(28)25-19-8-7-18-15-24-23(29)20(18)14-19/h1-5,7-8,14,17H,6,9-13,15H2,(H,24,29)(H,25,28). The number of carbonyl (C=O) groups excluding carboxylic acids is 3. The Morgan fingerprint density at radius 3 is 2.59 bits per heavy atom. The van der Waals surface area contributed by atoms with Crippen molar-refractivity contribution in [3.63, 3.8) is 0 Å². The van der Waals surface area contributed by atoms with Crippen LogP contribution < -0.4 is 10.6 Å². The molecular weight excluding hydrogens is 366 g/mol. The summed E-state index contributed by atoms with van der Waals surface area (Å²) in [6.45, 7) is 1.76. The highest BCUT2D eigenvalue weighted by Gasteiger charge is 2.27. The Balaban J connectivity index is 1.26. The zero-order valence-corrected chi connectivity index (χ0v) is 16.3. The molecule has 29 heavy (non-hydrogen) atoms. The summed E-state index contributed by atoms with van der Waals surface area (Å²) in [7, 11) is 0.